The minimum Gasteiger partial charge on any atom is -0.392 e. The van der Waals surface area contributed by atoms with E-state index < -0.39 is 5.41 Å². The van der Waals surface area contributed by atoms with Crippen LogP contribution in [0.2, 0.25) is 0 Å². The maximum atomic E-state index is 11.9. The predicted octanol–water partition coefficient (Wildman–Crippen LogP) is -0.109. The van der Waals surface area contributed by atoms with Crippen molar-refractivity contribution in [3.8, 4) is 0 Å². The number of nitrogens with two attached hydrogens (primary N) is 1. The molecule has 1 aliphatic heterocycles. The molecule has 0 atom stereocenters. The number of amides is 1. The van der Waals surface area contributed by atoms with Crippen molar-refractivity contribution in [3.63, 3.8) is 0 Å². The first kappa shape index (κ1) is 13.7. The van der Waals surface area contributed by atoms with Crippen molar-refractivity contribution < 1.29 is 9.53 Å². The minimum atomic E-state index is -0.520. The van der Waals surface area contributed by atoms with Gasteiger partial charge in [-0.15, -0.1) is 0 Å². The number of morpholine rings is 1. The van der Waals surface area contributed by atoms with E-state index in [2.05, 4.69) is 10.2 Å². The Balaban J connectivity index is 1.60. The highest BCUT2D eigenvalue weighted by Crippen LogP contribution is 2.46. The summed E-state index contributed by atoms with van der Waals surface area (Å²) < 4.78 is 5.28. The molecular formula is C12H21N3O2S. The summed E-state index contributed by atoms with van der Waals surface area (Å²) in [6.45, 7) is 5.31. The van der Waals surface area contributed by atoms with E-state index in [9.17, 15) is 4.79 Å². The van der Waals surface area contributed by atoms with Gasteiger partial charge in [0, 0.05) is 19.6 Å². The molecule has 0 spiro atoms. The van der Waals surface area contributed by atoms with E-state index in [0.717, 1.165) is 52.1 Å². The first-order valence-electron chi connectivity index (χ1n) is 6.53. The number of nitrogens with zero attached hydrogens (tertiary/aromatic N) is 1. The summed E-state index contributed by atoms with van der Waals surface area (Å²) in [6.07, 6.45) is 2.56. The second kappa shape index (κ2) is 5.95. The van der Waals surface area contributed by atoms with E-state index in [-0.39, 0.29) is 5.91 Å². The van der Waals surface area contributed by atoms with Gasteiger partial charge in [0.2, 0.25) is 5.91 Å². The third-order valence-corrected chi connectivity index (χ3v) is 4.09. The molecule has 1 amide bonds. The van der Waals surface area contributed by atoms with Gasteiger partial charge < -0.3 is 15.8 Å². The molecule has 102 valence electrons. The standard InChI is InChI=1S/C12H21N3O2S/c13-10(18)12(2-3-12)11(16)14-4-1-5-15-6-8-17-9-7-15/h1-9H2,(H2,13,18)(H,14,16). The van der Waals surface area contributed by atoms with Gasteiger partial charge in [-0.25, -0.2) is 0 Å². The van der Waals surface area contributed by atoms with E-state index in [1.54, 1.807) is 0 Å². The van der Waals surface area contributed by atoms with Crippen molar-refractivity contribution in [2.75, 3.05) is 39.4 Å². The molecule has 5 nitrogen and oxygen atoms in total. The van der Waals surface area contributed by atoms with Crippen LogP contribution >= 0.6 is 12.2 Å². The quantitative estimate of drug-likeness (QED) is 0.521. The minimum absolute atomic E-state index is 0.0111. The van der Waals surface area contributed by atoms with Crippen molar-refractivity contribution >= 4 is 23.1 Å². The molecule has 0 aromatic heterocycles. The van der Waals surface area contributed by atoms with Crippen LogP contribution < -0.4 is 11.1 Å². The molecule has 1 saturated carbocycles. The van der Waals surface area contributed by atoms with Crippen molar-refractivity contribution in [2.24, 2.45) is 11.1 Å². The third kappa shape index (κ3) is 3.18. The zero-order valence-corrected chi connectivity index (χ0v) is 11.4. The Morgan fingerprint density at radius 1 is 1.39 bits per heavy atom. The molecule has 0 aromatic rings. The number of nitrogens with one attached hydrogen (secondary N) is 1. The SMILES string of the molecule is NC(=S)C1(C(=O)NCCCN2CCOCC2)CC1. The lowest BCUT2D eigenvalue weighted by atomic mass is 10.1. The van der Waals surface area contributed by atoms with E-state index in [1.807, 2.05) is 0 Å². The molecule has 2 aliphatic rings. The maximum Gasteiger partial charge on any atom is 0.233 e. The van der Waals surface area contributed by atoms with Crippen molar-refractivity contribution in [1.82, 2.24) is 10.2 Å². The highest BCUT2D eigenvalue weighted by Gasteiger charge is 2.52. The molecule has 6 heteroatoms. The van der Waals surface area contributed by atoms with Gasteiger partial charge in [0.25, 0.3) is 0 Å². The summed E-state index contributed by atoms with van der Waals surface area (Å²) in [5.41, 5.74) is 5.08. The van der Waals surface area contributed by atoms with Gasteiger partial charge in [-0.05, 0) is 25.8 Å². The Morgan fingerprint density at radius 3 is 2.61 bits per heavy atom. The first-order valence-corrected chi connectivity index (χ1v) is 6.94. The Hall–Kier alpha value is -0.720. The summed E-state index contributed by atoms with van der Waals surface area (Å²) in [7, 11) is 0. The lowest BCUT2D eigenvalue weighted by molar-refractivity contribution is -0.124. The van der Waals surface area contributed by atoms with E-state index in [1.165, 1.54) is 0 Å². The summed E-state index contributed by atoms with van der Waals surface area (Å²) in [5, 5.41) is 2.94. The second-order valence-corrected chi connectivity index (χ2v) is 5.45. The number of rotatable bonds is 6. The maximum absolute atomic E-state index is 11.9. The molecule has 1 heterocycles. The van der Waals surface area contributed by atoms with Gasteiger partial charge >= 0.3 is 0 Å². The smallest absolute Gasteiger partial charge is 0.233 e. The van der Waals surface area contributed by atoms with Crippen LogP contribution in [0.5, 0.6) is 0 Å². The lowest BCUT2D eigenvalue weighted by Gasteiger charge is -2.26. The predicted molar refractivity (Wildman–Crippen MR) is 73.3 cm³/mol. The van der Waals surface area contributed by atoms with Gasteiger partial charge in [0.1, 0.15) is 0 Å². The molecule has 0 bridgehead atoms. The topological polar surface area (TPSA) is 67.6 Å². The highest BCUT2D eigenvalue weighted by atomic mass is 32.1. The van der Waals surface area contributed by atoms with E-state index >= 15 is 0 Å². The van der Waals surface area contributed by atoms with Crippen LogP contribution in [0.1, 0.15) is 19.3 Å². The average Bonchev–Trinajstić information content (AvgIpc) is 3.17. The number of hydrogen-bond donors (Lipinski definition) is 2. The normalized spacial score (nSPS) is 22.4. The Morgan fingerprint density at radius 2 is 2.06 bits per heavy atom. The fourth-order valence-corrected chi connectivity index (χ4v) is 2.51. The van der Waals surface area contributed by atoms with Crippen molar-refractivity contribution in [3.05, 3.63) is 0 Å². The van der Waals surface area contributed by atoms with Crippen LogP contribution in [0.4, 0.5) is 0 Å². The average molecular weight is 271 g/mol. The van der Waals surface area contributed by atoms with Gasteiger partial charge in [0.05, 0.1) is 23.6 Å². The molecule has 3 N–H and O–H groups in total. The summed E-state index contributed by atoms with van der Waals surface area (Å²) >= 11 is 4.95. The Labute approximate surface area is 113 Å². The summed E-state index contributed by atoms with van der Waals surface area (Å²) in [4.78, 5) is 14.6. The van der Waals surface area contributed by atoms with Gasteiger partial charge in [0.15, 0.2) is 0 Å². The Bertz CT molecular complexity index is 325. The summed E-state index contributed by atoms with van der Waals surface area (Å²) in [5.74, 6) is 0.0111. The number of hydrogen-bond acceptors (Lipinski definition) is 4. The fourth-order valence-electron chi connectivity index (χ4n) is 2.21. The first-order chi connectivity index (χ1) is 8.65. The van der Waals surface area contributed by atoms with Crippen molar-refractivity contribution in [2.45, 2.75) is 19.3 Å². The molecule has 1 saturated heterocycles. The van der Waals surface area contributed by atoms with Gasteiger partial charge in [-0.3, -0.25) is 9.69 Å². The fraction of sp³-hybridized carbons (Fsp3) is 0.833. The molecule has 2 rings (SSSR count). The van der Waals surface area contributed by atoms with E-state index in [4.69, 9.17) is 22.7 Å². The van der Waals surface area contributed by atoms with Crippen LogP contribution in [0.25, 0.3) is 0 Å². The molecule has 2 fully saturated rings. The lowest BCUT2D eigenvalue weighted by Crippen LogP contribution is -2.41. The van der Waals surface area contributed by atoms with Crippen LogP contribution in [0, 0.1) is 5.41 Å². The monoisotopic (exact) mass is 271 g/mol. The molecule has 1 aliphatic carbocycles. The summed E-state index contributed by atoms with van der Waals surface area (Å²) in [6, 6.07) is 0. The number of ether oxygens (including phenoxy) is 1. The van der Waals surface area contributed by atoms with Gasteiger partial charge in [-0.2, -0.15) is 0 Å². The number of thiocarbonyl (C=S) groups is 1. The molecule has 0 aromatic carbocycles. The highest BCUT2D eigenvalue weighted by molar-refractivity contribution is 7.80. The number of carbonyl (C=O) groups is 1. The second-order valence-electron chi connectivity index (χ2n) is 5.01. The van der Waals surface area contributed by atoms with Crippen LogP contribution in [0.15, 0.2) is 0 Å². The molecule has 18 heavy (non-hydrogen) atoms. The zero-order chi connectivity index (χ0) is 13.0. The van der Waals surface area contributed by atoms with Crippen LogP contribution in [-0.4, -0.2) is 55.2 Å². The van der Waals surface area contributed by atoms with Crippen LogP contribution in [0.3, 0.4) is 0 Å². The zero-order valence-electron chi connectivity index (χ0n) is 10.6. The third-order valence-electron chi connectivity index (χ3n) is 3.70. The Kier molecular flexibility index (Phi) is 4.53. The van der Waals surface area contributed by atoms with Crippen LogP contribution in [-0.2, 0) is 9.53 Å². The van der Waals surface area contributed by atoms with E-state index in [0.29, 0.717) is 11.5 Å². The van der Waals surface area contributed by atoms with Crippen molar-refractivity contribution in [1.29, 1.82) is 0 Å². The molecular weight excluding hydrogens is 250 g/mol. The van der Waals surface area contributed by atoms with Gasteiger partial charge in [-0.1, -0.05) is 12.2 Å². The largest absolute Gasteiger partial charge is 0.392 e. The number of carbonyl (C=O) groups excluding carboxylic acids is 1. The molecule has 0 unspecified atom stereocenters. The molecule has 0 radical (unpaired) electrons.